The highest BCUT2D eigenvalue weighted by Gasteiger charge is 2.70. The van der Waals surface area contributed by atoms with E-state index in [4.69, 9.17) is 18.9 Å². The largest absolute Gasteiger partial charge is 0.462 e. The molecule has 0 spiro atoms. The van der Waals surface area contributed by atoms with Crippen LogP contribution in [0.25, 0.3) is 0 Å². The minimum Gasteiger partial charge on any atom is -0.462 e. The zero-order valence-corrected chi connectivity index (χ0v) is 20.5. The average Bonchev–Trinajstić information content (AvgIpc) is 3.04. The second-order valence-corrected chi connectivity index (χ2v) is 11.2. The van der Waals surface area contributed by atoms with Crippen LogP contribution in [0.3, 0.4) is 0 Å². The van der Waals surface area contributed by atoms with Crippen molar-refractivity contribution in [1.29, 1.82) is 0 Å². The molecule has 33 heavy (non-hydrogen) atoms. The normalized spacial score (nSPS) is 45.6. The number of aliphatic hydroxyl groups is 1. The van der Waals surface area contributed by atoms with E-state index in [-0.39, 0.29) is 41.2 Å². The summed E-state index contributed by atoms with van der Waals surface area (Å²) in [5, 5.41) is 11.7. The zero-order valence-electron chi connectivity index (χ0n) is 20.5. The van der Waals surface area contributed by atoms with Gasteiger partial charge in [-0.1, -0.05) is 27.7 Å². The minimum atomic E-state index is -1.14. The standard InChI is InChI=1S/C25H36O8/c1-12-15-10-18(28)33-25(15,30-7)11-16-19(12)20(29)21(32-14(3)27)22-23(4,5)17(31-13(2)26)8-9-24(16,22)6/h10,12,16-17,19-22,29H,8-9,11H2,1-7H3/t12-,16-,17+,19+,20+,21+,22-,24+,25+/m1/s1. The van der Waals surface area contributed by atoms with Gasteiger partial charge in [0, 0.05) is 50.4 Å². The molecule has 4 rings (SSSR count). The van der Waals surface area contributed by atoms with Gasteiger partial charge in [0.2, 0.25) is 5.79 Å². The molecule has 0 unspecified atom stereocenters. The number of carbonyl (C=O) groups is 3. The topological polar surface area (TPSA) is 108 Å². The predicted molar refractivity (Wildman–Crippen MR) is 116 cm³/mol. The van der Waals surface area contributed by atoms with Crippen LogP contribution in [-0.4, -0.2) is 54.2 Å². The monoisotopic (exact) mass is 464 g/mol. The second-order valence-electron chi connectivity index (χ2n) is 11.2. The lowest BCUT2D eigenvalue weighted by Gasteiger charge is -2.66. The Morgan fingerprint density at radius 2 is 1.79 bits per heavy atom. The molecule has 0 aromatic carbocycles. The zero-order chi connectivity index (χ0) is 24.5. The van der Waals surface area contributed by atoms with E-state index in [2.05, 4.69) is 6.92 Å². The van der Waals surface area contributed by atoms with Gasteiger partial charge in [-0.05, 0) is 36.0 Å². The molecule has 1 aliphatic heterocycles. The molecule has 8 nitrogen and oxygen atoms in total. The van der Waals surface area contributed by atoms with E-state index in [1.807, 2.05) is 20.8 Å². The first-order valence-electron chi connectivity index (χ1n) is 11.8. The molecule has 9 atom stereocenters. The summed E-state index contributed by atoms with van der Waals surface area (Å²) in [7, 11) is 1.54. The van der Waals surface area contributed by atoms with E-state index >= 15 is 0 Å². The number of ether oxygens (including phenoxy) is 4. The molecule has 0 radical (unpaired) electrons. The third kappa shape index (κ3) is 3.43. The van der Waals surface area contributed by atoms with Crippen molar-refractivity contribution in [3.05, 3.63) is 11.6 Å². The Morgan fingerprint density at radius 1 is 1.15 bits per heavy atom. The number of hydrogen-bond acceptors (Lipinski definition) is 8. The van der Waals surface area contributed by atoms with Gasteiger partial charge in [-0.2, -0.15) is 0 Å². The number of methoxy groups -OCH3 is 1. The highest BCUT2D eigenvalue weighted by molar-refractivity contribution is 5.86. The summed E-state index contributed by atoms with van der Waals surface area (Å²) < 4.78 is 23.1. The van der Waals surface area contributed by atoms with Crippen LogP contribution in [0.1, 0.15) is 60.8 Å². The minimum absolute atomic E-state index is 0.0696. The van der Waals surface area contributed by atoms with Crippen LogP contribution in [0.5, 0.6) is 0 Å². The molecule has 4 aliphatic rings. The fourth-order valence-corrected chi connectivity index (χ4v) is 7.95. The summed E-state index contributed by atoms with van der Waals surface area (Å²) in [5.41, 5.74) is -0.229. The molecule has 8 heteroatoms. The van der Waals surface area contributed by atoms with E-state index in [9.17, 15) is 19.5 Å². The number of esters is 3. The van der Waals surface area contributed by atoms with Crippen molar-refractivity contribution in [2.24, 2.45) is 34.5 Å². The number of carbonyl (C=O) groups excluding carboxylic acids is 3. The molecule has 1 N–H and O–H groups in total. The van der Waals surface area contributed by atoms with E-state index in [0.717, 1.165) is 5.57 Å². The SMILES string of the molecule is CO[C@]12C[C@@H]3[C@@H]([C@H](O)[C@H](OC(C)=O)[C@@H]4C(C)(C)[C@@H](OC(C)=O)CC[C@@]34C)[C@H](C)C1=CC(=O)O2. The van der Waals surface area contributed by atoms with Crippen molar-refractivity contribution >= 4 is 17.9 Å². The van der Waals surface area contributed by atoms with Gasteiger partial charge in [0.25, 0.3) is 0 Å². The van der Waals surface area contributed by atoms with Gasteiger partial charge in [-0.3, -0.25) is 9.59 Å². The third-order valence-electron chi connectivity index (χ3n) is 9.13. The summed E-state index contributed by atoms with van der Waals surface area (Å²) in [5.74, 6) is -3.21. The molecule has 3 fully saturated rings. The van der Waals surface area contributed by atoms with Crippen LogP contribution in [0.4, 0.5) is 0 Å². The first-order chi connectivity index (χ1) is 15.3. The van der Waals surface area contributed by atoms with Crippen molar-refractivity contribution in [2.45, 2.75) is 84.9 Å². The van der Waals surface area contributed by atoms with Crippen molar-refractivity contribution < 1.29 is 38.4 Å². The van der Waals surface area contributed by atoms with Crippen LogP contribution in [0.15, 0.2) is 11.6 Å². The number of fused-ring (bicyclic) bond motifs is 4. The molecule has 0 saturated heterocycles. The molecule has 3 aliphatic carbocycles. The van der Waals surface area contributed by atoms with Crippen LogP contribution in [-0.2, 0) is 33.3 Å². The third-order valence-corrected chi connectivity index (χ3v) is 9.13. The molecule has 184 valence electrons. The Hall–Kier alpha value is -1.93. The van der Waals surface area contributed by atoms with Gasteiger partial charge in [0.1, 0.15) is 12.2 Å². The van der Waals surface area contributed by atoms with Gasteiger partial charge in [0.05, 0.1) is 6.10 Å². The fraction of sp³-hybridized carbons (Fsp3) is 0.800. The lowest BCUT2D eigenvalue weighted by molar-refractivity contribution is -0.280. The van der Waals surface area contributed by atoms with E-state index in [1.165, 1.54) is 19.9 Å². The number of aliphatic hydroxyl groups excluding tert-OH is 1. The number of hydrogen-bond donors (Lipinski definition) is 1. The molecular weight excluding hydrogens is 428 g/mol. The van der Waals surface area contributed by atoms with Crippen molar-refractivity contribution in [3.63, 3.8) is 0 Å². The quantitative estimate of drug-likeness (QED) is 0.502. The maximum Gasteiger partial charge on any atom is 0.333 e. The fourth-order valence-electron chi connectivity index (χ4n) is 7.95. The highest BCUT2D eigenvalue weighted by Crippen LogP contribution is 2.67. The van der Waals surface area contributed by atoms with Crippen molar-refractivity contribution in [2.75, 3.05) is 7.11 Å². The van der Waals surface area contributed by atoms with E-state index in [1.54, 1.807) is 7.11 Å². The van der Waals surface area contributed by atoms with Crippen LogP contribution < -0.4 is 0 Å². The highest BCUT2D eigenvalue weighted by atomic mass is 16.7. The van der Waals surface area contributed by atoms with Crippen molar-refractivity contribution in [3.8, 4) is 0 Å². The van der Waals surface area contributed by atoms with E-state index < -0.39 is 35.3 Å². The lowest BCUT2D eigenvalue weighted by atomic mass is 9.41. The summed E-state index contributed by atoms with van der Waals surface area (Å²) in [6.07, 6.45) is 1.18. The van der Waals surface area contributed by atoms with Gasteiger partial charge in [0.15, 0.2) is 0 Å². The average molecular weight is 465 g/mol. The summed E-state index contributed by atoms with van der Waals surface area (Å²) in [6, 6.07) is 0. The van der Waals surface area contributed by atoms with Gasteiger partial charge < -0.3 is 24.1 Å². The smallest absolute Gasteiger partial charge is 0.333 e. The maximum absolute atomic E-state index is 12.3. The predicted octanol–water partition coefficient (Wildman–Crippen LogP) is 2.76. The first-order valence-corrected chi connectivity index (χ1v) is 11.8. The van der Waals surface area contributed by atoms with Crippen LogP contribution in [0, 0.1) is 34.5 Å². The molecule has 1 heterocycles. The summed E-state index contributed by atoms with van der Waals surface area (Å²) in [6.45, 7) is 10.9. The summed E-state index contributed by atoms with van der Waals surface area (Å²) >= 11 is 0. The first kappa shape index (κ1) is 24.2. The molecule has 0 aromatic rings. The Bertz CT molecular complexity index is 893. The van der Waals surface area contributed by atoms with Gasteiger partial charge in [-0.15, -0.1) is 0 Å². The van der Waals surface area contributed by atoms with Gasteiger partial charge >= 0.3 is 17.9 Å². The Balaban J connectivity index is 1.84. The molecular formula is C25H36O8. The Labute approximate surface area is 195 Å². The molecule has 0 amide bonds. The second kappa shape index (κ2) is 7.80. The molecule has 0 bridgehead atoms. The Morgan fingerprint density at radius 3 is 2.36 bits per heavy atom. The maximum atomic E-state index is 12.3. The molecule has 0 aromatic heterocycles. The Kier molecular flexibility index (Phi) is 5.72. The van der Waals surface area contributed by atoms with Gasteiger partial charge in [-0.25, -0.2) is 4.79 Å². The van der Waals surface area contributed by atoms with Crippen LogP contribution in [0.2, 0.25) is 0 Å². The van der Waals surface area contributed by atoms with Crippen LogP contribution >= 0.6 is 0 Å². The lowest BCUT2D eigenvalue weighted by Crippen LogP contribution is -2.70. The van der Waals surface area contributed by atoms with E-state index in [0.29, 0.717) is 19.3 Å². The number of rotatable bonds is 3. The molecule has 3 saturated carbocycles. The van der Waals surface area contributed by atoms with Crippen molar-refractivity contribution in [1.82, 2.24) is 0 Å². The summed E-state index contributed by atoms with van der Waals surface area (Å²) in [4.78, 5) is 36.3.